The number of rotatable bonds is 12. The largest absolute Gasteiger partial charge is 0.327 e. The minimum absolute atomic E-state index is 0. The van der Waals surface area contributed by atoms with Gasteiger partial charge < -0.3 is 9.13 Å². The molecule has 0 aliphatic carbocycles. The van der Waals surface area contributed by atoms with Gasteiger partial charge in [-0.2, -0.15) is 0 Å². The van der Waals surface area contributed by atoms with E-state index in [1.54, 1.807) is 0 Å². The molecule has 0 unspecified atom stereocenters. The van der Waals surface area contributed by atoms with Crippen LogP contribution >= 0.6 is 61.0 Å². The van der Waals surface area contributed by atoms with Crippen LogP contribution in [0.1, 0.15) is 68.8 Å². The molecule has 5 aromatic rings. The number of benzene rings is 2. The van der Waals surface area contributed by atoms with Crippen molar-refractivity contribution in [2.24, 2.45) is 0 Å². The Morgan fingerprint density at radius 3 is 1.42 bits per heavy atom. The summed E-state index contributed by atoms with van der Waals surface area (Å²) >= 11 is 1.18. The zero-order valence-corrected chi connectivity index (χ0v) is 29.6. The summed E-state index contributed by atoms with van der Waals surface area (Å²) in [5.74, 6) is 1.14. The van der Waals surface area contributed by atoms with E-state index in [0.29, 0.717) is 22.8 Å². The predicted octanol–water partition coefficient (Wildman–Crippen LogP) is 6.44. The Morgan fingerprint density at radius 1 is 0.667 bits per heavy atom. The quantitative estimate of drug-likeness (QED) is 0.110. The average molecular weight is 719 g/mol. The Balaban J connectivity index is 0.00000253. The Labute approximate surface area is 291 Å². The molecule has 3 heterocycles. The number of fused-ring (bicyclic) bond motifs is 2. The SMILES string of the molecule is CCCn1c(CNNC(=O)c2sc(C(=O)NNCc3nc4ccccc4n3CCC)c(C)c2C)nc2ccccc21.Cl.Cl.Cl.Cl. The van der Waals surface area contributed by atoms with Crippen molar-refractivity contribution in [2.75, 3.05) is 0 Å². The van der Waals surface area contributed by atoms with Gasteiger partial charge in [-0.3, -0.25) is 20.4 Å². The Hall–Kier alpha value is -2.90. The topological polar surface area (TPSA) is 118 Å². The molecule has 0 saturated carbocycles. The molecule has 0 atom stereocenters. The second-order valence-electron chi connectivity index (χ2n) is 9.96. The van der Waals surface area contributed by atoms with E-state index in [-0.39, 0.29) is 61.4 Å². The van der Waals surface area contributed by atoms with Crippen molar-refractivity contribution in [1.82, 2.24) is 40.8 Å². The first-order valence-corrected chi connectivity index (χ1v) is 14.8. The van der Waals surface area contributed by atoms with Crippen LogP contribution in [0, 0.1) is 13.8 Å². The maximum absolute atomic E-state index is 13.1. The fourth-order valence-corrected chi connectivity index (χ4v) is 6.12. The number of hydrogen-bond acceptors (Lipinski definition) is 7. The Morgan fingerprint density at radius 2 is 1.04 bits per heavy atom. The molecular formula is C30H40Cl4N8O2S. The number of para-hydroxylation sites is 4. The Bertz CT molecular complexity index is 1600. The summed E-state index contributed by atoms with van der Waals surface area (Å²) in [7, 11) is 0. The van der Waals surface area contributed by atoms with Gasteiger partial charge in [0.05, 0.1) is 44.9 Å². The van der Waals surface area contributed by atoms with Crippen LogP contribution < -0.4 is 21.7 Å². The number of thiophene rings is 1. The van der Waals surface area contributed by atoms with Gasteiger partial charge in [-0.25, -0.2) is 20.8 Å². The summed E-state index contributed by atoms with van der Waals surface area (Å²) < 4.78 is 4.34. The molecule has 10 nitrogen and oxygen atoms in total. The van der Waals surface area contributed by atoms with Crippen LogP contribution in [0.5, 0.6) is 0 Å². The van der Waals surface area contributed by atoms with Crippen LogP contribution in [0.3, 0.4) is 0 Å². The van der Waals surface area contributed by atoms with Gasteiger partial charge in [-0.15, -0.1) is 61.0 Å². The molecule has 0 aliphatic heterocycles. The third kappa shape index (κ3) is 8.68. The normalized spacial score (nSPS) is 10.4. The van der Waals surface area contributed by atoms with Crippen LogP contribution in [-0.2, 0) is 26.2 Å². The van der Waals surface area contributed by atoms with E-state index in [2.05, 4.69) is 56.8 Å². The fourth-order valence-electron chi connectivity index (χ4n) is 5.02. The van der Waals surface area contributed by atoms with E-state index in [9.17, 15) is 9.59 Å². The minimum Gasteiger partial charge on any atom is -0.327 e. The van der Waals surface area contributed by atoms with Crippen molar-refractivity contribution < 1.29 is 9.59 Å². The molecule has 0 spiro atoms. The number of nitrogens with one attached hydrogen (secondary N) is 4. The molecule has 0 bridgehead atoms. The molecule has 0 radical (unpaired) electrons. The standard InChI is InChI=1S/C30H36N8O2S.4ClH/c1-5-15-37-23-13-9-7-11-21(23)33-25(37)17-31-35-29(39)27-19(3)20(4)28(41-27)30(40)36-32-18-26-34-22-12-8-10-14-24(22)38(26)16-6-2;;;;/h7-14,31-32H,5-6,15-18H2,1-4H3,(H,35,39)(H,36,40);4*1H. The molecule has 15 heteroatoms. The molecule has 2 aromatic carbocycles. The van der Waals surface area contributed by atoms with Gasteiger partial charge in [0.1, 0.15) is 11.6 Å². The molecule has 0 aliphatic rings. The minimum atomic E-state index is -0.283. The lowest BCUT2D eigenvalue weighted by atomic mass is 10.1. The lowest BCUT2D eigenvalue weighted by Gasteiger charge is -2.10. The molecule has 45 heavy (non-hydrogen) atoms. The highest BCUT2D eigenvalue weighted by Crippen LogP contribution is 2.27. The molecule has 3 aromatic heterocycles. The number of imidazole rings is 2. The molecule has 5 rings (SSSR count). The highest BCUT2D eigenvalue weighted by molar-refractivity contribution is 7.16. The van der Waals surface area contributed by atoms with E-state index >= 15 is 0 Å². The van der Waals surface area contributed by atoms with Gasteiger partial charge in [0.25, 0.3) is 11.8 Å². The number of carbonyl (C=O) groups excluding carboxylic acids is 2. The van der Waals surface area contributed by atoms with E-state index < -0.39 is 0 Å². The van der Waals surface area contributed by atoms with Crippen LogP contribution in [0.25, 0.3) is 22.1 Å². The fraction of sp³-hybridized carbons (Fsp3) is 0.333. The van der Waals surface area contributed by atoms with Crippen LogP contribution in [0.4, 0.5) is 0 Å². The number of hydrazine groups is 2. The third-order valence-electron chi connectivity index (χ3n) is 7.12. The zero-order valence-electron chi connectivity index (χ0n) is 25.5. The van der Waals surface area contributed by atoms with Gasteiger partial charge in [0.15, 0.2) is 0 Å². The van der Waals surface area contributed by atoms with Gasteiger partial charge in [-0.1, -0.05) is 38.1 Å². The molecule has 0 saturated heterocycles. The molecule has 4 N–H and O–H groups in total. The zero-order chi connectivity index (χ0) is 28.9. The van der Waals surface area contributed by atoms with E-state index in [4.69, 9.17) is 9.97 Å². The second-order valence-corrected chi connectivity index (χ2v) is 11.0. The summed E-state index contributed by atoms with van der Waals surface area (Å²) in [6.07, 6.45) is 1.96. The number of amides is 2. The Kier molecular flexibility index (Phi) is 16.3. The summed E-state index contributed by atoms with van der Waals surface area (Å²) in [5.41, 5.74) is 17.2. The molecular weight excluding hydrogens is 678 g/mol. The first kappa shape index (κ1) is 40.1. The lowest BCUT2D eigenvalue weighted by molar-refractivity contribution is 0.0928. The highest BCUT2D eigenvalue weighted by Gasteiger charge is 2.22. The lowest BCUT2D eigenvalue weighted by Crippen LogP contribution is -2.37. The van der Waals surface area contributed by atoms with Gasteiger partial charge in [-0.05, 0) is 62.1 Å². The number of aromatic nitrogens is 4. The van der Waals surface area contributed by atoms with E-state index in [1.807, 2.05) is 50.2 Å². The van der Waals surface area contributed by atoms with Gasteiger partial charge >= 0.3 is 0 Å². The monoisotopic (exact) mass is 716 g/mol. The first-order valence-electron chi connectivity index (χ1n) is 14.0. The molecule has 246 valence electrons. The number of halogens is 4. The average Bonchev–Trinajstić information content (AvgIpc) is 3.61. The number of carbonyl (C=O) groups is 2. The number of hydrogen-bond donors (Lipinski definition) is 4. The number of aryl methyl sites for hydroxylation is 2. The summed E-state index contributed by atoms with van der Waals surface area (Å²) in [4.78, 5) is 36.6. The van der Waals surface area contributed by atoms with Crippen LogP contribution in [0.15, 0.2) is 48.5 Å². The maximum atomic E-state index is 13.1. The van der Waals surface area contributed by atoms with Gasteiger partial charge in [0, 0.05) is 13.1 Å². The van der Waals surface area contributed by atoms with Crippen molar-refractivity contribution in [2.45, 2.75) is 66.7 Å². The second kappa shape index (κ2) is 18.3. The highest BCUT2D eigenvalue weighted by atomic mass is 35.5. The molecule has 2 amide bonds. The number of nitrogens with zero attached hydrogens (tertiary/aromatic N) is 4. The van der Waals surface area contributed by atoms with E-state index in [1.165, 1.54) is 11.3 Å². The third-order valence-corrected chi connectivity index (χ3v) is 8.51. The van der Waals surface area contributed by atoms with Crippen molar-refractivity contribution in [1.29, 1.82) is 0 Å². The predicted molar refractivity (Wildman–Crippen MR) is 191 cm³/mol. The van der Waals surface area contributed by atoms with Gasteiger partial charge in [0.2, 0.25) is 0 Å². The van der Waals surface area contributed by atoms with Crippen molar-refractivity contribution >= 4 is 94.8 Å². The molecule has 0 fully saturated rings. The summed E-state index contributed by atoms with van der Waals surface area (Å²) in [6.45, 7) is 10.4. The van der Waals surface area contributed by atoms with Crippen molar-refractivity contribution in [3.05, 3.63) is 81.1 Å². The van der Waals surface area contributed by atoms with Crippen molar-refractivity contribution in [3.63, 3.8) is 0 Å². The smallest absolute Gasteiger partial charge is 0.275 e. The summed E-state index contributed by atoms with van der Waals surface area (Å²) in [5, 5.41) is 0. The maximum Gasteiger partial charge on any atom is 0.275 e. The summed E-state index contributed by atoms with van der Waals surface area (Å²) in [6, 6.07) is 16.0. The van der Waals surface area contributed by atoms with E-state index in [0.717, 1.165) is 70.8 Å². The van der Waals surface area contributed by atoms with Crippen LogP contribution in [0.2, 0.25) is 0 Å². The van der Waals surface area contributed by atoms with Crippen molar-refractivity contribution in [3.8, 4) is 0 Å². The van der Waals surface area contributed by atoms with Crippen LogP contribution in [-0.4, -0.2) is 30.9 Å². The first-order chi connectivity index (χ1) is 19.9.